The van der Waals surface area contributed by atoms with Crippen molar-refractivity contribution in [3.8, 4) is 5.75 Å². The van der Waals surface area contributed by atoms with Gasteiger partial charge in [0.2, 0.25) is 35.4 Å². The zero-order chi connectivity index (χ0) is 56.0. The van der Waals surface area contributed by atoms with Gasteiger partial charge in [0, 0.05) is 26.1 Å². The van der Waals surface area contributed by atoms with Crippen LogP contribution in [0.2, 0.25) is 0 Å². The Morgan fingerprint density at radius 1 is 0.840 bits per heavy atom. The molecule has 0 radical (unpaired) electrons. The zero-order valence-electron chi connectivity index (χ0n) is 42.7. The maximum atomic E-state index is 14.3. The fraction of sp³-hybridized carbons (Fsp3) is 0.596. The SMILES string of the molecule is COc1cccc(C[C@H](NC(=O)[C@@H]2CCCN2C(=O)C(CCCN)=NC(=O)CNC(=O)[C@H](C)NC(=O)[C@@H](NC(=O)[C@@H](N)CCCCN)[C@@H](O)CN)C(=O)N[C@@H](CCCCN)C(=O)N/C(=C\CCN=C(N)N)C(=O)O)c1. The van der Waals surface area contributed by atoms with E-state index in [1.54, 1.807) is 24.3 Å². The monoisotopic (exact) mass is 1060 g/mol. The van der Waals surface area contributed by atoms with Crippen LogP contribution in [0.5, 0.6) is 5.75 Å². The van der Waals surface area contributed by atoms with Crippen LogP contribution in [0.4, 0.5) is 0 Å². The lowest BCUT2D eigenvalue weighted by molar-refractivity contribution is -0.137. The number of carbonyl (C=O) groups excluding carboxylic acids is 8. The molecule has 0 unspecified atom stereocenters. The number of hydrogen-bond donors (Lipinski definition) is 15. The van der Waals surface area contributed by atoms with Gasteiger partial charge in [-0.2, -0.15) is 0 Å². The van der Waals surface area contributed by atoms with Gasteiger partial charge in [0.05, 0.1) is 25.8 Å². The summed E-state index contributed by atoms with van der Waals surface area (Å²) in [4.78, 5) is 129. The molecule has 22 N–H and O–H groups in total. The van der Waals surface area contributed by atoms with E-state index in [2.05, 4.69) is 41.9 Å². The molecular formula is C47H78N16O12. The zero-order valence-corrected chi connectivity index (χ0v) is 42.7. The largest absolute Gasteiger partial charge is 0.497 e. The molecule has 0 bridgehead atoms. The number of benzene rings is 1. The molecule has 0 saturated carbocycles. The molecule has 7 atom stereocenters. The van der Waals surface area contributed by atoms with Crippen molar-refractivity contribution in [1.29, 1.82) is 0 Å². The van der Waals surface area contributed by atoms with Crippen LogP contribution in [-0.2, 0) is 49.6 Å². The number of nitrogens with one attached hydrogen (secondary N) is 6. The number of ether oxygens (including phenoxy) is 1. The number of guanidine groups is 1. The maximum Gasteiger partial charge on any atom is 0.352 e. The third-order valence-corrected chi connectivity index (χ3v) is 11.7. The number of methoxy groups -OCH3 is 1. The number of aliphatic carboxylic acids is 1. The summed E-state index contributed by atoms with van der Waals surface area (Å²) in [5.41, 5.74) is 38.9. The number of carboxylic acid groups (broad SMARTS) is 1. The second kappa shape index (κ2) is 34.4. The van der Waals surface area contributed by atoms with E-state index in [1.807, 2.05) is 0 Å². The molecule has 0 spiro atoms. The van der Waals surface area contributed by atoms with Crippen molar-refractivity contribution in [3.05, 3.63) is 41.6 Å². The third-order valence-electron chi connectivity index (χ3n) is 11.7. The number of unbranched alkanes of at least 4 members (excludes halogenated alkanes) is 2. The van der Waals surface area contributed by atoms with E-state index < -0.39 is 114 Å². The van der Waals surface area contributed by atoms with Crippen LogP contribution in [0.25, 0.3) is 0 Å². The average Bonchev–Trinajstić information content (AvgIpc) is 3.88. The Morgan fingerprint density at radius 3 is 2.15 bits per heavy atom. The number of hydrogen-bond acceptors (Lipinski definition) is 17. The first-order valence-corrected chi connectivity index (χ1v) is 24.8. The van der Waals surface area contributed by atoms with Gasteiger partial charge in [0.15, 0.2) is 5.96 Å². The van der Waals surface area contributed by atoms with E-state index in [1.165, 1.54) is 25.0 Å². The first kappa shape index (κ1) is 64.0. The van der Waals surface area contributed by atoms with Crippen molar-refractivity contribution in [2.75, 3.05) is 52.9 Å². The first-order chi connectivity index (χ1) is 35.7. The lowest BCUT2D eigenvalue weighted by Gasteiger charge is -2.28. The number of aliphatic imine (C=N–C) groups is 2. The Labute approximate surface area is 435 Å². The van der Waals surface area contributed by atoms with Crippen LogP contribution in [0.15, 0.2) is 46.0 Å². The second-order valence-corrected chi connectivity index (χ2v) is 17.6. The van der Waals surface area contributed by atoms with Gasteiger partial charge in [-0.15, -0.1) is 0 Å². The fourth-order valence-electron chi connectivity index (χ4n) is 7.54. The highest BCUT2D eigenvalue weighted by Gasteiger charge is 2.38. The number of carbonyl (C=O) groups is 9. The lowest BCUT2D eigenvalue weighted by atomic mass is 10.0. The van der Waals surface area contributed by atoms with Crippen LogP contribution in [0.1, 0.15) is 83.1 Å². The molecule has 0 aliphatic carbocycles. The highest BCUT2D eigenvalue weighted by atomic mass is 16.5. The van der Waals surface area contributed by atoms with Crippen LogP contribution >= 0.6 is 0 Å². The minimum absolute atomic E-state index is 0.0361. The molecule has 8 amide bonds. The second-order valence-electron chi connectivity index (χ2n) is 17.6. The van der Waals surface area contributed by atoms with Crippen molar-refractivity contribution >= 4 is 64.9 Å². The summed E-state index contributed by atoms with van der Waals surface area (Å²) in [7, 11) is 1.45. The van der Waals surface area contributed by atoms with E-state index in [4.69, 9.17) is 44.9 Å². The summed E-state index contributed by atoms with van der Waals surface area (Å²) >= 11 is 0. The number of amides is 8. The summed E-state index contributed by atoms with van der Waals surface area (Å²) in [6.07, 6.45) is 2.48. The minimum Gasteiger partial charge on any atom is -0.497 e. The van der Waals surface area contributed by atoms with E-state index in [0.29, 0.717) is 50.0 Å². The molecule has 1 saturated heterocycles. The van der Waals surface area contributed by atoms with Crippen molar-refractivity contribution in [2.45, 2.75) is 126 Å². The molecule has 28 heteroatoms. The molecule has 1 aliphatic heterocycles. The van der Waals surface area contributed by atoms with E-state index in [0.717, 1.165) is 0 Å². The van der Waals surface area contributed by atoms with Gasteiger partial charge in [0.25, 0.3) is 11.8 Å². The standard InChI is InChI=1S/C47H78N16O12/c1-27(57-44(71)38(36(64)25-51)62-40(67)30(52)13-3-5-18-48)39(66)56-26-37(65)58-32(15-8-20-50)45(72)63-22-10-17-35(63)43(70)61-34(24-28-11-7-12-29(23-28)75-2)42(69)59-31(14-4-6-19-49)41(68)60-33(46(73)74)16-9-21-55-47(53)54/h7,11-12,16,23,27,30-31,34-36,38,64H,3-6,8-10,13-15,17-22,24-26,48-52H2,1-2H3,(H,56,66)(H,57,71)(H,59,69)(H,60,68)(H,61,70)(H,62,67)(H,73,74)(H4,53,54,55)/b33-16-,58-32?/t27-,30-,31-,34-,35-,36-,38-/m0/s1. The molecule has 2 rings (SSSR count). The Hall–Kier alpha value is -7.11. The number of carboxylic acids is 1. The predicted molar refractivity (Wildman–Crippen MR) is 277 cm³/mol. The quantitative estimate of drug-likeness (QED) is 0.0133. The van der Waals surface area contributed by atoms with Crippen molar-refractivity contribution in [1.82, 2.24) is 36.8 Å². The number of rotatable bonds is 34. The fourth-order valence-corrected chi connectivity index (χ4v) is 7.54. The summed E-state index contributed by atoms with van der Waals surface area (Å²) in [5, 5.41) is 35.0. The number of nitrogens with two attached hydrogens (primary N) is 7. The van der Waals surface area contributed by atoms with Crippen LogP contribution in [-0.4, -0.2) is 175 Å². The van der Waals surface area contributed by atoms with Crippen molar-refractivity contribution in [2.24, 2.45) is 50.1 Å². The summed E-state index contributed by atoms with van der Waals surface area (Å²) < 4.78 is 5.35. The Bertz CT molecular complexity index is 2190. The number of aliphatic hydroxyl groups is 1. The first-order valence-electron chi connectivity index (χ1n) is 24.8. The molecular weight excluding hydrogens is 981 g/mol. The number of aliphatic hydroxyl groups excluding tert-OH is 1. The number of likely N-dealkylation sites (tertiary alicyclic amines) is 1. The normalized spacial score (nSPS) is 15.9. The number of nitrogens with zero attached hydrogens (tertiary/aromatic N) is 3. The molecule has 1 aliphatic rings. The molecule has 1 heterocycles. The summed E-state index contributed by atoms with van der Waals surface area (Å²) in [5.74, 6) is -7.95. The maximum absolute atomic E-state index is 14.3. The predicted octanol–water partition coefficient (Wildman–Crippen LogP) is -5.34. The Balaban J connectivity index is 2.32. The van der Waals surface area contributed by atoms with E-state index in [9.17, 15) is 53.4 Å². The van der Waals surface area contributed by atoms with Crippen LogP contribution < -0.4 is 76.8 Å². The highest BCUT2D eigenvalue weighted by Crippen LogP contribution is 2.21. The molecule has 1 fully saturated rings. The van der Waals surface area contributed by atoms with Gasteiger partial charge in [-0.1, -0.05) is 24.6 Å². The minimum atomic E-state index is -1.57. The van der Waals surface area contributed by atoms with Gasteiger partial charge >= 0.3 is 5.97 Å². The summed E-state index contributed by atoms with van der Waals surface area (Å²) in [6.45, 7) is 0.978. The molecule has 1 aromatic carbocycles. The average molecular weight is 1060 g/mol. The van der Waals surface area contributed by atoms with Gasteiger partial charge in [0.1, 0.15) is 47.4 Å². The summed E-state index contributed by atoms with van der Waals surface area (Å²) in [6, 6.07) is -1.05. The molecule has 1 aromatic rings. The Morgan fingerprint density at radius 2 is 1.52 bits per heavy atom. The van der Waals surface area contributed by atoms with Gasteiger partial charge in [-0.05, 0) is 108 Å². The third kappa shape index (κ3) is 22.9. The smallest absolute Gasteiger partial charge is 0.352 e. The molecule has 418 valence electrons. The topological polar surface area (TPSA) is 486 Å². The van der Waals surface area contributed by atoms with Crippen molar-refractivity contribution in [3.63, 3.8) is 0 Å². The highest BCUT2D eigenvalue weighted by molar-refractivity contribution is 6.40. The van der Waals surface area contributed by atoms with Crippen LogP contribution in [0, 0.1) is 0 Å². The molecule has 28 nitrogen and oxygen atoms in total. The molecule has 0 aromatic heterocycles. The lowest BCUT2D eigenvalue weighted by Crippen LogP contribution is -2.60. The Kier molecular flexibility index (Phi) is 29.4. The van der Waals surface area contributed by atoms with Gasteiger partial charge < -0.3 is 91.9 Å². The van der Waals surface area contributed by atoms with Gasteiger partial charge in [-0.25, -0.2) is 9.79 Å². The van der Waals surface area contributed by atoms with Crippen LogP contribution in [0.3, 0.4) is 0 Å². The van der Waals surface area contributed by atoms with Crippen molar-refractivity contribution < 1.29 is 58.1 Å². The molecule has 75 heavy (non-hydrogen) atoms. The van der Waals surface area contributed by atoms with E-state index in [-0.39, 0.29) is 82.8 Å². The van der Waals surface area contributed by atoms with Gasteiger partial charge in [-0.3, -0.25) is 43.3 Å². The van der Waals surface area contributed by atoms with E-state index >= 15 is 0 Å².